The zero-order valence-corrected chi connectivity index (χ0v) is 22.2. The smallest absolute Gasteiger partial charge is 0.256 e. The largest absolute Gasteiger partial charge is 0.497 e. The molecule has 0 aromatic heterocycles. The maximum atomic E-state index is 13.6. The summed E-state index contributed by atoms with van der Waals surface area (Å²) in [5.41, 5.74) is 1.29. The fourth-order valence-electron chi connectivity index (χ4n) is 4.51. The van der Waals surface area contributed by atoms with Crippen molar-refractivity contribution in [3.05, 3.63) is 53.6 Å². The van der Waals surface area contributed by atoms with E-state index < -0.39 is 6.04 Å². The second-order valence-corrected chi connectivity index (χ2v) is 9.92. The predicted molar refractivity (Wildman–Crippen MR) is 147 cm³/mol. The lowest BCUT2D eigenvalue weighted by atomic mass is 10.1. The highest BCUT2D eigenvalue weighted by molar-refractivity contribution is 7.80. The zero-order valence-electron chi connectivity index (χ0n) is 20.7. The molecule has 0 bridgehead atoms. The molecule has 0 saturated carbocycles. The molecule has 2 heterocycles. The number of nitrogens with zero attached hydrogens (tertiary/aromatic N) is 4. The zero-order chi connectivity index (χ0) is 25.7. The van der Waals surface area contributed by atoms with E-state index in [1.165, 1.54) is 4.90 Å². The van der Waals surface area contributed by atoms with E-state index in [9.17, 15) is 9.59 Å². The van der Waals surface area contributed by atoms with E-state index in [-0.39, 0.29) is 18.2 Å². The number of hydrogen-bond donors (Lipinski definition) is 1. The number of rotatable bonds is 9. The first-order valence-electron chi connectivity index (χ1n) is 12.1. The Labute approximate surface area is 222 Å². The van der Waals surface area contributed by atoms with Gasteiger partial charge in [-0.05, 0) is 80.8 Å². The third kappa shape index (κ3) is 6.34. The quantitative estimate of drug-likeness (QED) is 0.500. The standard InChI is InChI=1S/C26H32ClN5O3S/c1-29-14-16-30(17-15-29)12-3-13-31-23(18-24(33)28-20-6-4-19(27)5-7-20)25(34)32(26(31)36)21-8-10-22(35-2)11-9-21/h4-11,23H,3,12-18H2,1-2H3,(H,28,33)/t23-/m1/s1. The van der Waals surface area contributed by atoms with Gasteiger partial charge in [0.1, 0.15) is 11.8 Å². The van der Waals surface area contributed by atoms with Crippen LogP contribution in [0.3, 0.4) is 0 Å². The van der Waals surface area contributed by atoms with Gasteiger partial charge < -0.3 is 24.8 Å². The summed E-state index contributed by atoms with van der Waals surface area (Å²) in [6, 6.07) is 13.4. The van der Waals surface area contributed by atoms with Crippen LogP contribution < -0.4 is 15.0 Å². The van der Waals surface area contributed by atoms with Crippen LogP contribution in [0.2, 0.25) is 5.02 Å². The van der Waals surface area contributed by atoms with Crippen molar-refractivity contribution < 1.29 is 14.3 Å². The first-order chi connectivity index (χ1) is 17.4. The number of hydrogen-bond acceptors (Lipinski definition) is 6. The van der Waals surface area contributed by atoms with Gasteiger partial charge in [-0.2, -0.15) is 0 Å². The van der Waals surface area contributed by atoms with Crippen molar-refractivity contribution in [3.63, 3.8) is 0 Å². The Hall–Kier alpha value is -2.72. The fourth-order valence-corrected chi connectivity index (χ4v) is 5.05. The highest BCUT2D eigenvalue weighted by Gasteiger charge is 2.43. The number of methoxy groups -OCH3 is 1. The summed E-state index contributed by atoms with van der Waals surface area (Å²) >= 11 is 11.7. The summed E-state index contributed by atoms with van der Waals surface area (Å²) in [6.45, 7) is 5.70. The summed E-state index contributed by atoms with van der Waals surface area (Å²) in [6.07, 6.45) is 0.853. The first kappa shape index (κ1) is 26.3. The van der Waals surface area contributed by atoms with Crippen LogP contribution in [0.1, 0.15) is 12.8 Å². The van der Waals surface area contributed by atoms with E-state index in [1.807, 2.05) is 17.0 Å². The molecule has 0 aliphatic carbocycles. The minimum Gasteiger partial charge on any atom is -0.497 e. The molecule has 8 nitrogen and oxygen atoms in total. The Kier molecular flexibility index (Phi) is 8.79. The van der Waals surface area contributed by atoms with E-state index in [4.69, 9.17) is 28.6 Å². The average molecular weight is 530 g/mol. The molecule has 2 saturated heterocycles. The first-order valence-corrected chi connectivity index (χ1v) is 12.9. The molecule has 2 fully saturated rings. The third-order valence-corrected chi connectivity index (χ3v) is 7.29. The average Bonchev–Trinajstić information content (AvgIpc) is 3.10. The van der Waals surface area contributed by atoms with Gasteiger partial charge >= 0.3 is 0 Å². The van der Waals surface area contributed by atoms with Crippen molar-refractivity contribution in [2.75, 3.05) is 63.6 Å². The van der Waals surface area contributed by atoms with Crippen LogP contribution in [-0.4, -0.2) is 91.1 Å². The molecule has 10 heteroatoms. The van der Waals surface area contributed by atoms with Gasteiger partial charge in [-0.1, -0.05) is 11.6 Å². The van der Waals surface area contributed by atoms with Crippen molar-refractivity contribution in [1.82, 2.24) is 14.7 Å². The van der Waals surface area contributed by atoms with Crippen LogP contribution in [0.25, 0.3) is 0 Å². The summed E-state index contributed by atoms with van der Waals surface area (Å²) < 4.78 is 5.25. The van der Waals surface area contributed by atoms with Gasteiger partial charge in [-0.3, -0.25) is 14.5 Å². The molecule has 1 N–H and O–H groups in total. The Morgan fingerprint density at radius 1 is 1.06 bits per heavy atom. The van der Waals surface area contributed by atoms with E-state index in [0.29, 0.717) is 33.8 Å². The number of piperazine rings is 1. The molecule has 0 spiro atoms. The number of anilines is 2. The molecule has 2 aromatic carbocycles. The van der Waals surface area contributed by atoms with Crippen molar-refractivity contribution in [2.45, 2.75) is 18.9 Å². The lowest BCUT2D eigenvalue weighted by molar-refractivity contribution is -0.124. The van der Waals surface area contributed by atoms with Gasteiger partial charge in [0, 0.05) is 43.4 Å². The van der Waals surface area contributed by atoms with Gasteiger partial charge in [0.2, 0.25) is 5.91 Å². The molecule has 2 aliphatic heterocycles. The van der Waals surface area contributed by atoms with Crippen molar-refractivity contribution in [2.24, 2.45) is 0 Å². The normalized spacial score (nSPS) is 19.1. The molecule has 1 atom stereocenters. The van der Waals surface area contributed by atoms with Gasteiger partial charge in [0.25, 0.3) is 5.91 Å². The number of nitrogens with one attached hydrogen (secondary N) is 1. The second-order valence-electron chi connectivity index (χ2n) is 9.12. The molecular weight excluding hydrogens is 498 g/mol. The number of thiocarbonyl (C=S) groups is 1. The molecule has 2 aromatic rings. The Morgan fingerprint density at radius 2 is 1.72 bits per heavy atom. The lowest BCUT2D eigenvalue weighted by Crippen LogP contribution is -2.45. The van der Waals surface area contributed by atoms with Crippen LogP contribution in [0.5, 0.6) is 5.75 Å². The van der Waals surface area contributed by atoms with Gasteiger partial charge in [-0.25, -0.2) is 0 Å². The topological polar surface area (TPSA) is 68.4 Å². The predicted octanol–water partition coefficient (Wildman–Crippen LogP) is 3.32. The van der Waals surface area contributed by atoms with Crippen LogP contribution in [0.4, 0.5) is 11.4 Å². The summed E-state index contributed by atoms with van der Waals surface area (Å²) in [5.74, 6) is 0.245. The number of ether oxygens (including phenoxy) is 1. The van der Waals surface area contributed by atoms with Crippen LogP contribution in [-0.2, 0) is 9.59 Å². The highest BCUT2D eigenvalue weighted by atomic mass is 35.5. The van der Waals surface area contributed by atoms with E-state index in [0.717, 1.165) is 39.1 Å². The number of carbonyl (C=O) groups excluding carboxylic acids is 2. The number of benzene rings is 2. The number of halogens is 1. The molecule has 0 unspecified atom stereocenters. The molecule has 0 radical (unpaired) electrons. The fraction of sp³-hybridized carbons (Fsp3) is 0.423. The number of carbonyl (C=O) groups is 2. The van der Waals surface area contributed by atoms with E-state index in [1.54, 1.807) is 43.5 Å². The van der Waals surface area contributed by atoms with E-state index in [2.05, 4.69) is 22.2 Å². The maximum Gasteiger partial charge on any atom is 0.256 e. The Morgan fingerprint density at radius 3 is 2.36 bits per heavy atom. The van der Waals surface area contributed by atoms with E-state index >= 15 is 0 Å². The molecule has 2 amide bonds. The Balaban J connectivity index is 1.47. The lowest BCUT2D eigenvalue weighted by Gasteiger charge is -2.33. The SMILES string of the molecule is COc1ccc(N2C(=O)[C@@H](CC(=O)Nc3ccc(Cl)cc3)N(CCCN3CCN(C)CC3)C2=S)cc1. The van der Waals surface area contributed by atoms with Crippen LogP contribution >= 0.6 is 23.8 Å². The van der Waals surface area contributed by atoms with Gasteiger partial charge in [-0.15, -0.1) is 0 Å². The minimum atomic E-state index is -0.667. The summed E-state index contributed by atoms with van der Waals surface area (Å²) in [4.78, 5) is 34.7. The highest BCUT2D eigenvalue weighted by Crippen LogP contribution is 2.29. The Bertz CT molecular complexity index is 1070. The monoisotopic (exact) mass is 529 g/mol. The van der Waals surface area contributed by atoms with Crippen molar-refractivity contribution in [1.29, 1.82) is 0 Å². The van der Waals surface area contributed by atoms with Gasteiger partial charge in [0.15, 0.2) is 5.11 Å². The molecular formula is C26H32ClN5O3S. The van der Waals surface area contributed by atoms with Gasteiger partial charge in [0.05, 0.1) is 19.2 Å². The summed E-state index contributed by atoms with van der Waals surface area (Å²) in [5, 5.41) is 3.88. The van der Waals surface area contributed by atoms with Crippen LogP contribution in [0.15, 0.2) is 48.5 Å². The number of likely N-dealkylation sites (N-methyl/N-ethyl adjacent to an activating group) is 1. The van der Waals surface area contributed by atoms with Crippen LogP contribution in [0, 0.1) is 0 Å². The third-order valence-electron chi connectivity index (χ3n) is 6.63. The van der Waals surface area contributed by atoms with Crippen molar-refractivity contribution in [3.8, 4) is 5.75 Å². The molecule has 2 aliphatic rings. The van der Waals surface area contributed by atoms with Crippen molar-refractivity contribution >= 4 is 52.1 Å². The molecule has 4 rings (SSSR count). The summed E-state index contributed by atoms with van der Waals surface area (Å²) in [7, 11) is 3.73. The second kappa shape index (κ2) is 12.0. The number of amides is 2. The molecule has 36 heavy (non-hydrogen) atoms. The maximum absolute atomic E-state index is 13.6. The molecule has 192 valence electrons. The minimum absolute atomic E-state index is 0.00274.